The normalized spacial score (nSPS) is 11.0. The first-order valence-electron chi connectivity index (χ1n) is 8.64. The van der Waals surface area contributed by atoms with Gasteiger partial charge < -0.3 is 15.0 Å². The summed E-state index contributed by atoms with van der Waals surface area (Å²) in [4.78, 5) is 34.5. The summed E-state index contributed by atoms with van der Waals surface area (Å²) in [5, 5.41) is 11.8. The zero-order valence-electron chi connectivity index (χ0n) is 15.0. The molecule has 0 unspecified atom stereocenters. The summed E-state index contributed by atoms with van der Waals surface area (Å²) >= 11 is 0. The number of Topliss-reactive ketones (excluding diaryl/α,β-unsaturated/α-hetero) is 1. The minimum Gasteiger partial charge on any atom is -0.481 e. The molecule has 2 rings (SSSR count). The molecule has 0 atom stereocenters. The maximum Gasteiger partial charge on any atom is 0.304 e. The van der Waals surface area contributed by atoms with Crippen molar-refractivity contribution in [1.29, 1.82) is 0 Å². The Kier molecular flexibility index (Phi) is 6.63. The number of aryl methyl sites for hydroxylation is 2. The molecule has 0 spiro atoms. The van der Waals surface area contributed by atoms with Crippen LogP contribution in [0.5, 0.6) is 0 Å². The van der Waals surface area contributed by atoms with Crippen molar-refractivity contribution in [2.45, 2.75) is 39.7 Å². The molecule has 6 nitrogen and oxygen atoms in total. The first-order chi connectivity index (χ1) is 12.3. The number of fused-ring (bicyclic) bond motifs is 1. The first kappa shape index (κ1) is 19.8. The van der Waals surface area contributed by atoms with Gasteiger partial charge in [0.1, 0.15) is 5.82 Å². The van der Waals surface area contributed by atoms with E-state index in [0.29, 0.717) is 43.6 Å². The molecule has 1 aromatic heterocycles. The van der Waals surface area contributed by atoms with Crippen molar-refractivity contribution >= 4 is 22.7 Å². The Bertz CT molecular complexity index is 889. The SMILES string of the molecule is CCn1cc(C(C)=O)c(=O)c2cc(F)c(CCCNCCC(=O)O)cc21. The smallest absolute Gasteiger partial charge is 0.304 e. The van der Waals surface area contributed by atoms with Gasteiger partial charge in [0.25, 0.3) is 0 Å². The molecule has 26 heavy (non-hydrogen) atoms. The second kappa shape index (κ2) is 8.71. The number of nitrogens with one attached hydrogen (secondary N) is 1. The van der Waals surface area contributed by atoms with E-state index in [2.05, 4.69) is 5.32 Å². The Labute approximate surface area is 150 Å². The van der Waals surface area contributed by atoms with Crippen molar-refractivity contribution in [3.05, 3.63) is 45.5 Å². The standard InChI is InChI=1S/C19H23FN2O4/c1-3-22-11-15(12(2)23)19(26)14-10-16(20)13(9-17(14)22)5-4-7-21-8-6-18(24)25/h9-11,21H,3-8H2,1-2H3,(H,24,25). The van der Waals surface area contributed by atoms with E-state index in [0.717, 1.165) is 0 Å². The van der Waals surface area contributed by atoms with Crippen LogP contribution in [0.1, 0.15) is 42.6 Å². The number of pyridine rings is 1. The number of carbonyl (C=O) groups is 2. The molecule has 0 aliphatic heterocycles. The number of benzene rings is 1. The topological polar surface area (TPSA) is 88.4 Å². The van der Waals surface area contributed by atoms with Crippen molar-refractivity contribution in [2.75, 3.05) is 13.1 Å². The number of ketones is 1. The summed E-state index contributed by atoms with van der Waals surface area (Å²) in [7, 11) is 0. The number of halogens is 1. The van der Waals surface area contributed by atoms with Crippen LogP contribution in [0, 0.1) is 5.82 Å². The van der Waals surface area contributed by atoms with E-state index in [-0.39, 0.29) is 23.2 Å². The molecule has 0 fully saturated rings. The van der Waals surface area contributed by atoms with E-state index >= 15 is 0 Å². The van der Waals surface area contributed by atoms with Crippen molar-refractivity contribution < 1.29 is 19.1 Å². The van der Waals surface area contributed by atoms with Crippen molar-refractivity contribution in [1.82, 2.24) is 9.88 Å². The number of carboxylic acid groups (broad SMARTS) is 1. The lowest BCUT2D eigenvalue weighted by molar-refractivity contribution is -0.136. The summed E-state index contributed by atoms with van der Waals surface area (Å²) in [5.41, 5.74) is 0.722. The van der Waals surface area contributed by atoms with Crippen LogP contribution in [0.2, 0.25) is 0 Å². The van der Waals surface area contributed by atoms with Gasteiger partial charge in [-0.3, -0.25) is 14.4 Å². The fourth-order valence-electron chi connectivity index (χ4n) is 2.88. The van der Waals surface area contributed by atoms with Crippen LogP contribution in [0.4, 0.5) is 4.39 Å². The van der Waals surface area contributed by atoms with Crippen LogP contribution in [0.15, 0.2) is 23.1 Å². The Hall–Kier alpha value is -2.54. The molecule has 0 radical (unpaired) electrons. The number of hydrogen-bond donors (Lipinski definition) is 2. The predicted octanol–water partition coefficient (Wildman–Crippen LogP) is 2.36. The number of hydrogen-bond acceptors (Lipinski definition) is 4. The third kappa shape index (κ3) is 4.54. The zero-order chi connectivity index (χ0) is 19.3. The maximum atomic E-state index is 14.4. The second-order valence-electron chi connectivity index (χ2n) is 6.17. The third-order valence-corrected chi connectivity index (χ3v) is 4.28. The van der Waals surface area contributed by atoms with Gasteiger partial charge in [-0.1, -0.05) is 0 Å². The maximum absolute atomic E-state index is 14.4. The molecule has 2 N–H and O–H groups in total. The Morgan fingerprint density at radius 1 is 1.27 bits per heavy atom. The molecular formula is C19H23FN2O4. The number of aromatic nitrogens is 1. The van der Waals surface area contributed by atoms with Crippen molar-refractivity contribution in [2.24, 2.45) is 0 Å². The lowest BCUT2D eigenvalue weighted by atomic mass is 10.0. The van der Waals surface area contributed by atoms with Crippen LogP contribution < -0.4 is 10.7 Å². The minimum absolute atomic E-state index is 0.0472. The molecule has 0 aliphatic rings. The van der Waals surface area contributed by atoms with Gasteiger partial charge in [0.05, 0.1) is 17.5 Å². The van der Waals surface area contributed by atoms with Crippen LogP contribution in [-0.2, 0) is 17.8 Å². The fourth-order valence-corrected chi connectivity index (χ4v) is 2.88. The Balaban J connectivity index is 2.23. The van der Waals surface area contributed by atoms with Crippen LogP contribution in [0.3, 0.4) is 0 Å². The van der Waals surface area contributed by atoms with Gasteiger partial charge in [-0.15, -0.1) is 0 Å². The molecule has 0 saturated carbocycles. The highest BCUT2D eigenvalue weighted by atomic mass is 19.1. The number of carboxylic acids is 1. The zero-order valence-corrected chi connectivity index (χ0v) is 15.0. The Morgan fingerprint density at radius 2 is 2.00 bits per heavy atom. The summed E-state index contributed by atoms with van der Waals surface area (Å²) < 4.78 is 16.2. The number of carbonyl (C=O) groups excluding carboxylic acids is 1. The van der Waals surface area contributed by atoms with Gasteiger partial charge in [-0.05, 0) is 50.9 Å². The molecule has 0 saturated heterocycles. The van der Waals surface area contributed by atoms with Gasteiger partial charge in [0.15, 0.2) is 11.2 Å². The number of nitrogens with zero attached hydrogens (tertiary/aromatic N) is 1. The van der Waals surface area contributed by atoms with Gasteiger partial charge >= 0.3 is 5.97 Å². The van der Waals surface area contributed by atoms with E-state index in [1.165, 1.54) is 19.2 Å². The monoisotopic (exact) mass is 362 g/mol. The first-order valence-corrected chi connectivity index (χ1v) is 8.64. The highest BCUT2D eigenvalue weighted by Crippen LogP contribution is 2.19. The third-order valence-electron chi connectivity index (χ3n) is 4.28. The average Bonchev–Trinajstić information content (AvgIpc) is 2.58. The molecule has 140 valence electrons. The molecule has 0 amide bonds. The number of rotatable bonds is 9. The predicted molar refractivity (Wildman–Crippen MR) is 97.3 cm³/mol. The van der Waals surface area contributed by atoms with Crippen molar-refractivity contribution in [3.8, 4) is 0 Å². The largest absolute Gasteiger partial charge is 0.481 e. The Morgan fingerprint density at radius 3 is 2.62 bits per heavy atom. The van der Waals surface area contributed by atoms with Gasteiger partial charge in [0, 0.05) is 24.7 Å². The average molecular weight is 362 g/mol. The lowest BCUT2D eigenvalue weighted by Gasteiger charge is -2.13. The molecule has 1 aromatic carbocycles. The van der Waals surface area contributed by atoms with Crippen LogP contribution in [0.25, 0.3) is 10.9 Å². The lowest BCUT2D eigenvalue weighted by Crippen LogP contribution is -2.20. The second-order valence-corrected chi connectivity index (χ2v) is 6.17. The van der Waals surface area contributed by atoms with E-state index in [4.69, 9.17) is 5.11 Å². The van der Waals surface area contributed by atoms with Crippen LogP contribution >= 0.6 is 0 Å². The fraction of sp³-hybridized carbons (Fsp3) is 0.421. The molecule has 7 heteroatoms. The molecular weight excluding hydrogens is 339 g/mol. The van der Waals surface area contributed by atoms with E-state index < -0.39 is 17.2 Å². The quantitative estimate of drug-likeness (QED) is 0.528. The summed E-state index contributed by atoms with van der Waals surface area (Å²) in [6.45, 7) is 4.72. The van der Waals surface area contributed by atoms with Gasteiger partial charge in [-0.25, -0.2) is 4.39 Å². The summed E-state index contributed by atoms with van der Waals surface area (Å²) in [5.74, 6) is -1.67. The van der Waals surface area contributed by atoms with E-state index in [1.54, 1.807) is 10.6 Å². The molecule has 0 aliphatic carbocycles. The highest BCUT2D eigenvalue weighted by molar-refractivity contribution is 5.97. The van der Waals surface area contributed by atoms with E-state index in [1.807, 2.05) is 6.92 Å². The van der Waals surface area contributed by atoms with Crippen LogP contribution in [-0.4, -0.2) is 34.5 Å². The van der Waals surface area contributed by atoms with E-state index in [9.17, 15) is 18.8 Å². The van der Waals surface area contributed by atoms with Gasteiger partial charge in [-0.2, -0.15) is 0 Å². The van der Waals surface area contributed by atoms with Crippen molar-refractivity contribution in [3.63, 3.8) is 0 Å². The molecule has 2 aromatic rings. The minimum atomic E-state index is -0.861. The molecule has 0 bridgehead atoms. The van der Waals surface area contributed by atoms with Gasteiger partial charge in [0.2, 0.25) is 0 Å². The number of aliphatic carboxylic acids is 1. The highest BCUT2D eigenvalue weighted by Gasteiger charge is 2.15. The summed E-state index contributed by atoms with van der Waals surface area (Å²) in [6.07, 6.45) is 2.69. The molecule has 1 heterocycles. The summed E-state index contributed by atoms with van der Waals surface area (Å²) in [6, 6.07) is 2.88.